The first-order valence-corrected chi connectivity index (χ1v) is 10.1. The smallest absolute Gasteiger partial charge is 0.419 e. The van der Waals surface area contributed by atoms with Crippen LogP contribution in [0, 0.1) is 5.92 Å². The largest absolute Gasteiger partial charge is 0.444 e. The molecule has 2 fully saturated rings. The van der Waals surface area contributed by atoms with Crippen molar-refractivity contribution in [1.82, 2.24) is 14.9 Å². The molecule has 1 unspecified atom stereocenters. The number of hydrogen-bond donors (Lipinski definition) is 1. The molecular formula is C19H26F3N5O4. The number of nitrogens with zero attached hydrogens (tertiary/aromatic N) is 4. The molecule has 172 valence electrons. The number of carbonyl (C=O) groups excluding carboxylic acids is 2. The van der Waals surface area contributed by atoms with Crippen molar-refractivity contribution in [2.45, 2.75) is 44.6 Å². The second-order valence-electron chi connectivity index (χ2n) is 7.81. The van der Waals surface area contributed by atoms with Crippen molar-refractivity contribution in [1.29, 1.82) is 0 Å². The van der Waals surface area contributed by atoms with E-state index in [0.717, 1.165) is 12.4 Å². The molecule has 3 rings (SSSR count). The van der Waals surface area contributed by atoms with Crippen LogP contribution in [-0.2, 0) is 20.4 Å². The highest BCUT2D eigenvalue weighted by Gasteiger charge is 2.35. The Morgan fingerprint density at radius 3 is 2.42 bits per heavy atom. The van der Waals surface area contributed by atoms with Crippen molar-refractivity contribution in [2.24, 2.45) is 11.7 Å². The van der Waals surface area contributed by atoms with Gasteiger partial charge in [0.15, 0.2) is 0 Å². The zero-order valence-electron chi connectivity index (χ0n) is 17.2. The van der Waals surface area contributed by atoms with E-state index in [1.165, 1.54) is 0 Å². The SMILES string of the molecule is C[C@@H](COC1CCN(C(=O)C2CCN(c3ncc(C(F)(F)F)cn3)CC2)C1)OC(N)=O. The van der Waals surface area contributed by atoms with Crippen LogP contribution in [0.25, 0.3) is 0 Å². The number of alkyl halides is 3. The van der Waals surface area contributed by atoms with E-state index < -0.39 is 23.9 Å². The van der Waals surface area contributed by atoms with E-state index in [0.29, 0.717) is 45.4 Å². The predicted molar refractivity (Wildman–Crippen MR) is 103 cm³/mol. The zero-order valence-corrected chi connectivity index (χ0v) is 17.2. The minimum atomic E-state index is -4.47. The Labute approximate surface area is 177 Å². The summed E-state index contributed by atoms with van der Waals surface area (Å²) in [6.45, 7) is 3.95. The number of anilines is 1. The summed E-state index contributed by atoms with van der Waals surface area (Å²) in [5, 5.41) is 0. The van der Waals surface area contributed by atoms with Crippen LogP contribution < -0.4 is 10.6 Å². The van der Waals surface area contributed by atoms with Crippen molar-refractivity contribution < 1.29 is 32.2 Å². The van der Waals surface area contributed by atoms with Gasteiger partial charge in [-0.05, 0) is 26.2 Å². The molecule has 0 aromatic carbocycles. The van der Waals surface area contributed by atoms with E-state index in [1.54, 1.807) is 16.7 Å². The minimum absolute atomic E-state index is 0.0560. The molecule has 3 heterocycles. The number of ether oxygens (including phenoxy) is 2. The van der Waals surface area contributed by atoms with E-state index in [9.17, 15) is 22.8 Å². The third-order valence-corrected chi connectivity index (χ3v) is 5.43. The number of hydrogen-bond acceptors (Lipinski definition) is 7. The fraction of sp³-hybridized carbons (Fsp3) is 0.684. The van der Waals surface area contributed by atoms with Gasteiger partial charge in [0.05, 0.1) is 18.3 Å². The van der Waals surface area contributed by atoms with Crippen LogP contribution in [0.1, 0.15) is 31.7 Å². The van der Waals surface area contributed by atoms with Gasteiger partial charge in [-0.3, -0.25) is 4.79 Å². The van der Waals surface area contributed by atoms with Crippen LogP contribution in [-0.4, -0.2) is 71.9 Å². The molecule has 2 N–H and O–H groups in total. The molecule has 2 aliphatic rings. The number of primary amides is 1. The van der Waals surface area contributed by atoms with Gasteiger partial charge in [-0.25, -0.2) is 14.8 Å². The van der Waals surface area contributed by atoms with Crippen LogP contribution in [0.3, 0.4) is 0 Å². The van der Waals surface area contributed by atoms with Crippen LogP contribution in [0.5, 0.6) is 0 Å². The minimum Gasteiger partial charge on any atom is -0.444 e. The summed E-state index contributed by atoms with van der Waals surface area (Å²) in [6.07, 6.45) is -2.49. The zero-order chi connectivity index (χ0) is 22.6. The number of aromatic nitrogens is 2. The van der Waals surface area contributed by atoms with Gasteiger partial charge in [0.1, 0.15) is 6.10 Å². The van der Waals surface area contributed by atoms with Crippen molar-refractivity contribution in [3.63, 3.8) is 0 Å². The Hall–Kier alpha value is -2.63. The van der Waals surface area contributed by atoms with Crippen LogP contribution >= 0.6 is 0 Å². The molecule has 1 aromatic heterocycles. The fourth-order valence-electron chi connectivity index (χ4n) is 3.78. The van der Waals surface area contributed by atoms with E-state index >= 15 is 0 Å². The van der Waals surface area contributed by atoms with E-state index in [2.05, 4.69) is 9.97 Å². The number of amides is 2. The number of nitrogens with two attached hydrogens (primary N) is 1. The molecule has 0 aliphatic carbocycles. The molecule has 2 saturated heterocycles. The molecule has 2 atom stereocenters. The van der Waals surface area contributed by atoms with Crippen molar-refractivity contribution >= 4 is 17.9 Å². The van der Waals surface area contributed by atoms with E-state index in [1.807, 2.05) is 0 Å². The lowest BCUT2D eigenvalue weighted by Gasteiger charge is -2.33. The summed E-state index contributed by atoms with van der Waals surface area (Å²) >= 11 is 0. The topological polar surface area (TPSA) is 111 Å². The molecule has 12 heteroatoms. The second kappa shape index (κ2) is 9.67. The highest BCUT2D eigenvalue weighted by Crippen LogP contribution is 2.29. The van der Waals surface area contributed by atoms with Gasteiger partial charge in [-0.15, -0.1) is 0 Å². The van der Waals surface area contributed by atoms with Gasteiger partial charge in [0.2, 0.25) is 11.9 Å². The number of rotatable bonds is 6. The predicted octanol–water partition coefficient (Wildman–Crippen LogP) is 1.81. The van der Waals surface area contributed by atoms with Gasteiger partial charge < -0.3 is 25.0 Å². The van der Waals surface area contributed by atoms with Crippen molar-refractivity contribution in [2.75, 3.05) is 37.7 Å². The Balaban J connectivity index is 1.43. The highest BCUT2D eigenvalue weighted by molar-refractivity contribution is 5.79. The number of carbonyl (C=O) groups is 2. The summed E-state index contributed by atoms with van der Waals surface area (Å²) in [7, 11) is 0. The lowest BCUT2D eigenvalue weighted by atomic mass is 9.95. The summed E-state index contributed by atoms with van der Waals surface area (Å²) in [4.78, 5) is 34.8. The lowest BCUT2D eigenvalue weighted by Crippen LogP contribution is -2.42. The Morgan fingerprint density at radius 1 is 1.19 bits per heavy atom. The standard InChI is InChI=1S/C19H26F3N5O4/c1-12(31-17(23)29)11-30-15-4-7-27(10-15)16(28)13-2-5-26(6-3-13)18-24-8-14(9-25-18)19(20,21)22/h8-9,12-13,15H,2-7,10-11H2,1H3,(H2,23,29)/t12-,15?/m0/s1. The third kappa shape index (κ3) is 6.18. The second-order valence-corrected chi connectivity index (χ2v) is 7.81. The summed E-state index contributed by atoms with van der Waals surface area (Å²) in [5.41, 5.74) is 4.08. The van der Waals surface area contributed by atoms with E-state index in [-0.39, 0.29) is 30.5 Å². The van der Waals surface area contributed by atoms with Gasteiger partial charge in [0.25, 0.3) is 0 Å². The first-order valence-electron chi connectivity index (χ1n) is 10.1. The average Bonchev–Trinajstić information content (AvgIpc) is 3.20. The van der Waals surface area contributed by atoms with Gasteiger partial charge in [0, 0.05) is 44.5 Å². The number of likely N-dealkylation sites (tertiary alicyclic amines) is 1. The van der Waals surface area contributed by atoms with Crippen molar-refractivity contribution in [3.05, 3.63) is 18.0 Å². The van der Waals surface area contributed by atoms with Gasteiger partial charge in [-0.1, -0.05) is 0 Å². The summed E-state index contributed by atoms with van der Waals surface area (Å²) in [5.74, 6) is 0.142. The molecule has 9 nitrogen and oxygen atoms in total. The Kier molecular flexibility index (Phi) is 7.19. The maximum absolute atomic E-state index is 12.8. The third-order valence-electron chi connectivity index (χ3n) is 5.43. The first-order chi connectivity index (χ1) is 14.6. The van der Waals surface area contributed by atoms with Crippen LogP contribution in [0.15, 0.2) is 12.4 Å². The molecule has 0 bridgehead atoms. The quantitative estimate of drug-likeness (QED) is 0.711. The average molecular weight is 445 g/mol. The summed E-state index contributed by atoms with van der Waals surface area (Å²) < 4.78 is 48.5. The van der Waals surface area contributed by atoms with Gasteiger partial charge >= 0.3 is 12.3 Å². The van der Waals surface area contributed by atoms with E-state index in [4.69, 9.17) is 15.2 Å². The Morgan fingerprint density at radius 2 is 1.84 bits per heavy atom. The van der Waals surface area contributed by atoms with Crippen LogP contribution in [0.4, 0.5) is 23.9 Å². The molecule has 0 spiro atoms. The highest BCUT2D eigenvalue weighted by atomic mass is 19.4. The number of piperidine rings is 1. The molecular weight excluding hydrogens is 419 g/mol. The van der Waals surface area contributed by atoms with Crippen LogP contribution in [0.2, 0.25) is 0 Å². The molecule has 0 radical (unpaired) electrons. The fourth-order valence-corrected chi connectivity index (χ4v) is 3.78. The molecule has 2 amide bonds. The van der Waals surface area contributed by atoms with Gasteiger partial charge in [-0.2, -0.15) is 13.2 Å². The molecule has 2 aliphatic heterocycles. The summed E-state index contributed by atoms with van der Waals surface area (Å²) in [6, 6.07) is 0. The maximum atomic E-state index is 12.8. The monoisotopic (exact) mass is 445 g/mol. The number of halogens is 3. The Bertz CT molecular complexity index is 769. The maximum Gasteiger partial charge on any atom is 0.419 e. The first kappa shape index (κ1) is 23.0. The molecule has 31 heavy (non-hydrogen) atoms. The lowest BCUT2D eigenvalue weighted by molar-refractivity contribution is -0.138. The normalized spacial score (nSPS) is 21.2. The van der Waals surface area contributed by atoms with Crippen molar-refractivity contribution in [3.8, 4) is 0 Å². The molecule has 0 saturated carbocycles. The molecule has 1 aromatic rings.